The number of carbonyl (C=O) groups excluding carboxylic acids is 2. The molecular formula is C25H25ClN4O4. The lowest BCUT2D eigenvalue weighted by Crippen LogP contribution is -2.48. The highest BCUT2D eigenvalue weighted by Gasteiger charge is 2.46. The molecule has 8 nitrogen and oxygen atoms in total. The zero-order valence-corrected chi connectivity index (χ0v) is 19.5. The second-order valence-electron chi connectivity index (χ2n) is 8.73. The molecule has 176 valence electrons. The molecule has 2 aliphatic heterocycles. The van der Waals surface area contributed by atoms with Gasteiger partial charge >= 0.3 is 5.97 Å². The number of aromatic amines is 1. The van der Waals surface area contributed by atoms with Crippen LogP contribution in [0.3, 0.4) is 0 Å². The van der Waals surface area contributed by atoms with Gasteiger partial charge in [0, 0.05) is 23.7 Å². The molecule has 2 aromatic heterocycles. The average molecular weight is 481 g/mol. The molecule has 2 aliphatic rings. The van der Waals surface area contributed by atoms with Gasteiger partial charge in [-0.1, -0.05) is 41.9 Å². The van der Waals surface area contributed by atoms with Crippen LogP contribution in [0.15, 0.2) is 48.7 Å². The molecule has 34 heavy (non-hydrogen) atoms. The van der Waals surface area contributed by atoms with Crippen molar-refractivity contribution in [3.05, 3.63) is 64.9 Å². The first-order valence-electron chi connectivity index (χ1n) is 11.3. The molecule has 1 unspecified atom stereocenters. The number of nitrogens with one attached hydrogen (secondary N) is 1. The Morgan fingerprint density at radius 1 is 1.15 bits per heavy atom. The molecule has 1 amide bonds. The molecule has 0 saturated carbocycles. The molecule has 3 aromatic rings. The third-order valence-electron chi connectivity index (χ3n) is 6.65. The first-order valence-corrected chi connectivity index (χ1v) is 11.7. The van der Waals surface area contributed by atoms with Crippen LogP contribution in [0.2, 0.25) is 5.02 Å². The Bertz CT molecular complexity index is 1180. The number of rotatable bonds is 6. The van der Waals surface area contributed by atoms with Gasteiger partial charge in [0.15, 0.2) is 0 Å². The normalized spacial score (nSPS) is 21.4. The zero-order chi connectivity index (χ0) is 23.7. The van der Waals surface area contributed by atoms with Crippen LogP contribution < -0.4 is 4.74 Å². The van der Waals surface area contributed by atoms with Crippen LogP contribution in [0.4, 0.5) is 0 Å². The Balaban J connectivity index is 1.26. The molecule has 2 saturated heterocycles. The third kappa shape index (κ3) is 4.37. The number of piperidine rings is 1. The lowest BCUT2D eigenvalue weighted by molar-refractivity contribution is -0.152. The number of esters is 1. The van der Waals surface area contributed by atoms with Crippen LogP contribution in [0.25, 0.3) is 11.3 Å². The Morgan fingerprint density at radius 3 is 2.59 bits per heavy atom. The second-order valence-corrected chi connectivity index (χ2v) is 9.14. The standard InChI is InChI=1S/C25H25ClN4O4/c1-33-23-11-19(20(26)13-27-23)21-12-22(29-28-21)24(31)30-17-7-8-18(30)10-16(9-17)25(32)34-14-15-5-3-2-4-6-15/h2-6,11-13,16-18H,7-10,14H2,1H3,(H,28,29)/t16?,17-,18+. The number of ether oxygens (including phenoxy) is 2. The summed E-state index contributed by atoms with van der Waals surface area (Å²) in [5.74, 6) is -0.0716. The van der Waals surface area contributed by atoms with Crippen molar-refractivity contribution in [1.82, 2.24) is 20.1 Å². The summed E-state index contributed by atoms with van der Waals surface area (Å²) >= 11 is 6.28. The largest absolute Gasteiger partial charge is 0.481 e. The fourth-order valence-corrected chi connectivity index (χ4v) is 5.18. The van der Waals surface area contributed by atoms with E-state index in [1.807, 2.05) is 35.2 Å². The summed E-state index contributed by atoms with van der Waals surface area (Å²) in [6.07, 6.45) is 4.49. The number of halogens is 1. The van der Waals surface area contributed by atoms with Gasteiger partial charge in [0.05, 0.1) is 29.9 Å². The number of H-pyrrole nitrogens is 1. The van der Waals surface area contributed by atoms with Gasteiger partial charge in [-0.3, -0.25) is 14.7 Å². The molecule has 2 bridgehead atoms. The zero-order valence-electron chi connectivity index (χ0n) is 18.7. The van der Waals surface area contributed by atoms with Crippen LogP contribution in [-0.4, -0.2) is 51.2 Å². The van der Waals surface area contributed by atoms with Crippen LogP contribution in [0.5, 0.6) is 5.88 Å². The number of amides is 1. The monoisotopic (exact) mass is 480 g/mol. The quantitative estimate of drug-likeness (QED) is 0.529. The minimum Gasteiger partial charge on any atom is -0.481 e. The highest BCUT2D eigenvalue weighted by molar-refractivity contribution is 6.33. The van der Waals surface area contributed by atoms with Gasteiger partial charge in [0.2, 0.25) is 5.88 Å². The van der Waals surface area contributed by atoms with E-state index in [4.69, 9.17) is 21.1 Å². The Labute approximate surface area is 202 Å². The predicted molar refractivity (Wildman–Crippen MR) is 125 cm³/mol. The van der Waals surface area contributed by atoms with E-state index in [1.165, 1.54) is 13.3 Å². The molecular weight excluding hydrogens is 456 g/mol. The molecule has 1 aromatic carbocycles. The number of methoxy groups -OCH3 is 1. The van der Waals surface area contributed by atoms with Crippen molar-refractivity contribution in [3.8, 4) is 17.1 Å². The highest BCUT2D eigenvalue weighted by atomic mass is 35.5. The summed E-state index contributed by atoms with van der Waals surface area (Å²) in [5, 5.41) is 7.56. The number of hydrogen-bond acceptors (Lipinski definition) is 6. The molecule has 2 fully saturated rings. The minimum atomic E-state index is -0.189. The summed E-state index contributed by atoms with van der Waals surface area (Å²) in [5.41, 5.74) is 2.53. The summed E-state index contributed by atoms with van der Waals surface area (Å²) in [6, 6.07) is 13.1. The van der Waals surface area contributed by atoms with Gasteiger partial charge in [-0.2, -0.15) is 5.10 Å². The lowest BCUT2D eigenvalue weighted by atomic mass is 9.90. The van der Waals surface area contributed by atoms with Gasteiger partial charge in [0.1, 0.15) is 12.3 Å². The van der Waals surface area contributed by atoms with Gasteiger partial charge < -0.3 is 14.4 Å². The SMILES string of the molecule is COc1cc(-c2cc(C(=O)N3[C@@H]4CC[C@H]3CC(C(=O)OCc3ccccc3)C4)[nH]n2)c(Cl)cn1. The molecule has 9 heteroatoms. The number of aromatic nitrogens is 3. The average Bonchev–Trinajstić information content (AvgIpc) is 3.45. The van der Waals surface area contributed by atoms with Crippen molar-refractivity contribution in [2.75, 3.05) is 7.11 Å². The summed E-state index contributed by atoms with van der Waals surface area (Å²) in [6.45, 7) is 0.271. The van der Waals surface area contributed by atoms with E-state index in [0.717, 1.165) is 18.4 Å². The van der Waals surface area contributed by atoms with E-state index in [2.05, 4.69) is 15.2 Å². The van der Waals surface area contributed by atoms with E-state index in [0.29, 0.717) is 40.7 Å². The molecule has 0 spiro atoms. The van der Waals surface area contributed by atoms with E-state index in [-0.39, 0.29) is 36.5 Å². The van der Waals surface area contributed by atoms with Crippen LogP contribution >= 0.6 is 11.6 Å². The smallest absolute Gasteiger partial charge is 0.309 e. The van der Waals surface area contributed by atoms with E-state index < -0.39 is 0 Å². The summed E-state index contributed by atoms with van der Waals surface area (Å²) < 4.78 is 10.7. The first kappa shape index (κ1) is 22.4. The van der Waals surface area contributed by atoms with Gasteiger partial charge in [0.25, 0.3) is 5.91 Å². The highest BCUT2D eigenvalue weighted by Crippen LogP contribution is 2.40. The van der Waals surface area contributed by atoms with Crippen LogP contribution in [0.1, 0.15) is 41.7 Å². The molecule has 5 rings (SSSR count). The molecule has 4 heterocycles. The first-order chi connectivity index (χ1) is 16.5. The van der Waals surface area contributed by atoms with Gasteiger partial charge in [-0.05, 0) is 37.3 Å². The number of fused-ring (bicyclic) bond motifs is 2. The molecule has 3 atom stereocenters. The summed E-state index contributed by atoms with van der Waals surface area (Å²) in [7, 11) is 1.52. The second kappa shape index (κ2) is 9.46. The molecule has 0 aliphatic carbocycles. The number of pyridine rings is 1. The maximum atomic E-state index is 13.4. The third-order valence-corrected chi connectivity index (χ3v) is 6.95. The number of benzene rings is 1. The maximum absolute atomic E-state index is 13.4. The summed E-state index contributed by atoms with van der Waals surface area (Å²) in [4.78, 5) is 32.1. The van der Waals surface area contributed by atoms with Crippen LogP contribution in [-0.2, 0) is 16.1 Å². The minimum absolute atomic E-state index is 0.0110. The van der Waals surface area contributed by atoms with E-state index >= 15 is 0 Å². The number of carbonyl (C=O) groups is 2. The molecule has 1 N–H and O–H groups in total. The van der Waals surface area contributed by atoms with Gasteiger partial charge in [-0.25, -0.2) is 4.98 Å². The Morgan fingerprint density at radius 2 is 1.88 bits per heavy atom. The number of hydrogen-bond donors (Lipinski definition) is 1. The van der Waals surface area contributed by atoms with Gasteiger partial charge in [-0.15, -0.1) is 0 Å². The van der Waals surface area contributed by atoms with Crippen molar-refractivity contribution in [1.29, 1.82) is 0 Å². The Hall–Kier alpha value is -3.39. The van der Waals surface area contributed by atoms with E-state index in [1.54, 1.807) is 12.1 Å². The fraction of sp³-hybridized carbons (Fsp3) is 0.360. The Kier molecular flexibility index (Phi) is 6.24. The van der Waals surface area contributed by atoms with Crippen molar-refractivity contribution < 1.29 is 19.1 Å². The molecule has 0 radical (unpaired) electrons. The van der Waals surface area contributed by atoms with E-state index in [9.17, 15) is 9.59 Å². The van der Waals surface area contributed by atoms with Crippen molar-refractivity contribution in [2.45, 2.75) is 44.4 Å². The maximum Gasteiger partial charge on any atom is 0.309 e. The fourth-order valence-electron chi connectivity index (χ4n) is 4.98. The van der Waals surface area contributed by atoms with Crippen molar-refractivity contribution in [3.63, 3.8) is 0 Å². The predicted octanol–water partition coefficient (Wildman–Crippen LogP) is 4.26. The topological polar surface area (TPSA) is 97.4 Å². The van der Waals surface area contributed by atoms with Crippen molar-refractivity contribution in [2.24, 2.45) is 5.92 Å². The lowest BCUT2D eigenvalue weighted by Gasteiger charge is -2.37. The van der Waals surface area contributed by atoms with Crippen LogP contribution in [0, 0.1) is 5.92 Å². The number of nitrogens with zero attached hydrogens (tertiary/aromatic N) is 3. The van der Waals surface area contributed by atoms with Crippen molar-refractivity contribution >= 4 is 23.5 Å².